The van der Waals surface area contributed by atoms with E-state index < -0.39 is 29.6 Å². The molecular weight excluding hydrogens is 421 g/mol. The molecule has 0 fully saturated rings. The zero-order chi connectivity index (χ0) is 21.5. The Labute approximate surface area is 173 Å². The summed E-state index contributed by atoms with van der Waals surface area (Å²) in [6.45, 7) is 0. The second kappa shape index (κ2) is 7.49. The molecule has 0 saturated heterocycles. The van der Waals surface area contributed by atoms with Crippen molar-refractivity contribution in [3.05, 3.63) is 65.3 Å². The van der Waals surface area contributed by atoms with Gasteiger partial charge in [0.25, 0.3) is 0 Å². The second-order valence-electron chi connectivity index (χ2n) is 6.69. The fourth-order valence-corrected chi connectivity index (χ4v) is 3.34. The average molecular weight is 435 g/mol. The number of anilines is 2. The number of carbonyl (C=O) groups is 2. The van der Waals surface area contributed by atoms with Crippen molar-refractivity contribution in [1.29, 1.82) is 0 Å². The van der Waals surface area contributed by atoms with Crippen LogP contribution in [0.4, 0.5) is 24.7 Å². The lowest BCUT2D eigenvalue weighted by molar-refractivity contribution is -0.137. The Hall–Kier alpha value is -3.33. The van der Waals surface area contributed by atoms with Crippen molar-refractivity contribution in [2.45, 2.75) is 18.6 Å². The number of fused-ring (bicyclic) bond motifs is 1. The first-order chi connectivity index (χ1) is 14.2. The topological polar surface area (TPSA) is 76.0 Å². The van der Waals surface area contributed by atoms with Gasteiger partial charge in [-0.05, 0) is 35.9 Å². The monoisotopic (exact) mass is 434 g/mol. The Balaban J connectivity index is 1.63. The maximum atomic E-state index is 12.9. The van der Waals surface area contributed by atoms with Crippen molar-refractivity contribution in [3.8, 4) is 11.1 Å². The minimum Gasteiger partial charge on any atom is -0.324 e. The van der Waals surface area contributed by atoms with Crippen LogP contribution in [0, 0.1) is 0 Å². The molecule has 2 heterocycles. The van der Waals surface area contributed by atoms with E-state index in [1.165, 1.54) is 23.0 Å². The standard InChI is InChI=1S/C20H14ClF3N4O2/c21-13-6-4-11(5-7-13)15-10-25-28-16(9-17(29)27-18(15)28)19(30)26-14-3-1-2-12(8-14)20(22,23)24/h1-8,10,16H,9H2,(H,26,30)(H,27,29)/t16-/m0/s1. The number of alkyl halides is 3. The van der Waals surface area contributed by atoms with Crippen LogP contribution in [0.15, 0.2) is 54.7 Å². The SMILES string of the molecule is O=C1C[C@@H](C(=O)Nc2cccc(C(F)(F)F)c2)n2ncc(-c3ccc(Cl)cc3)c2N1. The molecule has 154 valence electrons. The normalized spacial score (nSPS) is 16.0. The van der Waals surface area contributed by atoms with E-state index in [1.807, 2.05) is 0 Å². The van der Waals surface area contributed by atoms with Crippen molar-refractivity contribution in [1.82, 2.24) is 9.78 Å². The van der Waals surface area contributed by atoms with Crippen molar-refractivity contribution in [2.75, 3.05) is 10.6 Å². The van der Waals surface area contributed by atoms with Crippen molar-refractivity contribution in [2.24, 2.45) is 0 Å². The van der Waals surface area contributed by atoms with Gasteiger partial charge in [0.15, 0.2) is 0 Å². The van der Waals surface area contributed by atoms with Crippen LogP contribution in [-0.2, 0) is 15.8 Å². The average Bonchev–Trinajstić information content (AvgIpc) is 3.11. The van der Waals surface area contributed by atoms with Gasteiger partial charge in [-0.25, -0.2) is 4.68 Å². The van der Waals surface area contributed by atoms with Gasteiger partial charge < -0.3 is 10.6 Å². The molecule has 2 aromatic carbocycles. The predicted octanol–water partition coefficient (Wildman–Crippen LogP) is 4.74. The molecule has 1 aliphatic heterocycles. The molecule has 30 heavy (non-hydrogen) atoms. The highest BCUT2D eigenvalue weighted by Gasteiger charge is 2.34. The Morgan fingerprint density at radius 2 is 1.93 bits per heavy atom. The van der Waals surface area contributed by atoms with E-state index in [1.54, 1.807) is 24.3 Å². The second-order valence-corrected chi connectivity index (χ2v) is 7.13. The van der Waals surface area contributed by atoms with Gasteiger partial charge in [-0.1, -0.05) is 29.8 Å². The number of nitrogens with one attached hydrogen (secondary N) is 2. The lowest BCUT2D eigenvalue weighted by atomic mass is 10.1. The highest BCUT2D eigenvalue weighted by molar-refractivity contribution is 6.30. The smallest absolute Gasteiger partial charge is 0.324 e. The summed E-state index contributed by atoms with van der Waals surface area (Å²) in [5.41, 5.74) is 0.426. The number of amides is 2. The Kier molecular flexibility index (Phi) is 4.98. The molecule has 1 atom stereocenters. The predicted molar refractivity (Wildman–Crippen MR) is 105 cm³/mol. The van der Waals surface area contributed by atoms with E-state index in [4.69, 9.17) is 11.6 Å². The number of benzene rings is 2. The van der Waals surface area contributed by atoms with E-state index in [-0.39, 0.29) is 12.1 Å². The molecule has 0 saturated carbocycles. The first-order valence-electron chi connectivity index (χ1n) is 8.84. The molecule has 0 bridgehead atoms. The van der Waals surface area contributed by atoms with Gasteiger partial charge in [0, 0.05) is 16.3 Å². The molecular formula is C20H14ClF3N4O2. The molecule has 1 aromatic heterocycles. The van der Waals surface area contributed by atoms with E-state index in [0.29, 0.717) is 16.4 Å². The van der Waals surface area contributed by atoms with Crippen molar-refractivity contribution in [3.63, 3.8) is 0 Å². The summed E-state index contributed by atoms with van der Waals surface area (Å²) in [6, 6.07) is 10.1. The first kappa shape index (κ1) is 20.0. The van der Waals surface area contributed by atoms with E-state index in [9.17, 15) is 22.8 Å². The van der Waals surface area contributed by atoms with Crippen LogP contribution in [-0.4, -0.2) is 21.6 Å². The van der Waals surface area contributed by atoms with E-state index in [2.05, 4.69) is 15.7 Å². The highest BCUT2D eigenvalue weighted by Crippen LogP contribution is 2.35. The quantitative estimate of drug-likeness (QED) is 0.625. The van der Waals surface area contributed by atoms with Crippen LogP contribution in [0.2, 0.25) is 5.02 Å². The molecule has 0 unspecified atom stereocenters. The number of carbonyl (C=O) groups excluding carboxylic acids is 2. The number of rotatable bonds is 3. The zero-order valence-electron chi connectivity index (χ0n) is 15.2. The summed E-state index contributed by atoms with van der Waals surface area (Å²) in [4.78, 5) is 25.0. The summed E-state index contributed by atoms with van der Waals surface area (Å²) in [5.74, 6) is -0.712. The van der Waals surface area contributed by atoms with E-state index >= 15 is 0 Å². The molecule has 10 heteroatoms. The molecule has 1 aliphatic rings. The van der Waals surface area contributed by atoms with Crippen molar-refractivity contribution < 1.29 is 22.8 Å². The summed E-state index contributed by atoms with van der Waals surface area (Å²) < 4.78 is 40.1. The third-order valence-electron chi connectivity index (χ3n) is 4.64. The van der Waals surface area contributed by atoms with Gasteiger partial charge in [0.05, 0.1) is 18.2 Å². The number of hydrogen-bond donors (Lipinski definition) is 2. The molecule has 6 nitrogen and oxygen atoms in total. The van der Waals surface area contributed by atoms with Crippen LogP contribution in [0.1, 0.15) is 18.0 Å². The number of hydrogen-bond acceptors (Lipinski definition) is 3. The summed E-state index contributed by atoms with van der Waals surface area (Å²) in [7, 11) is 0. The van der Waals surface area contributed by atoms with Crippen LogP contribution >= 0.6 is 11.6 Å². The molecule has 2 N–H and O–H groups in total. The van der Waals surface area contributed by atoms with Crippen molar-refractivity contribution >= 4 is 34.9 Å². The largest absolute Gasteiger partial charge is 0.416 e. The summed E-state index contributed by atoms with van der Waals surface area (Å²) in [5, 5.41) is 9.91. The lowest BCUT2D eigenvalue weighted by Gasteiger charge is -2.24. The maximum absolute atomic E-state index is 12.9. The van der Waals surface area contributed by atoms with Gasteiger partial charge in [-0.3, -0.25) is 9.59 Å². The zero-order valence-corrected chi connectivity index (χ0v) is 16.0. The maximum Gasteiger partial charge on any atom is 0.416 e. The van der Waals surface area contributed by atoms with Crippen LogP contribution in [0.5, 0.6) is 0 Å². The van der Waals surface area contributed by atoms with Gasteiger partial charge in [0.2, 0.25) is 11.8 Å². The molecule has 0 radical (unpaired) electrons. The molecule has 2 amide bonds. The molecule has 3 aromatic rings. The van der Waals surface area contributed by atoms with Gasteiger partial charge in [0.1, 0.15) is 11.9 Å². The van der Waals surface area contributed by atoms with Crippen LogP contribution in [0.3, 0.4) is 0 Å². The first-order valence-corrected chi connectivity index (χ1v) is 9.21. The van der Waals surface area contributed by atoms with Crippen LogP contribution in [0.25, 0.3) is 11.1 Å². The third kappa shape index (κ3) is 3.88. The van der Waals surface area contributed by atoms with Gasteiger partial charge in [-0.2, -0.15) is 18.3 Å². The fraction of sp³-hybridized carbons (Fsp3) is 0.150. The Bertz CT molecular complexity index is 1130. The van der Waals surface area contributed by atoms with Crippen LogP contribution < -0.4 is 10.6 Å². The Morgan fingerprint density at radius 3 is 2.63 bits per heavy atom. The minimum absolute atomic E-state index is 0.0209. The highest BCUT2D eigenvalue weighted by atomic mass is 35.5. The molecule has 0 aliphatic carbocycles. The molecule has 4 rings (SSSR count). The fourth-order valence-electron chi connectivity index (χ4n) is 3.21. The minimum atomic E-state index is -4.53. The molecule has 0 spiro atoms. The Morgan fingerprint density at radius 1 is 1.20 bits per heavy atom. The van der Waals surface area contributed by atoms with E-state index in [0.717, 1.165) is 17.7 Å². The summed E-state index contributed by atoms with van der Waals surface area (Å²) in [6.07, 6.45) is -3.22. The summed E-state index contributed by atoms with van der Waals surface area (Å²) >= 11 is 5.91. The van der Waals surface area contributed by atoms with Gasteiger partial charge >= 0.3 is 6.18 Å². The number of halogens is 4. The number of aromatic nitrogens is 2. The van der Waals surface area contributed by atoms with Gasteiger partial charge in [-0.15, -0.1) is 0 Å². The third-order valence-corrected chi connectivity index (χ3v) is 4.89. The lowest BCUT2D eigenvalue weighted by Crippen LogP contribution is -2.35. The number of nitrogens with zero attached hydrogens (tertiary/aromatic N) is 2.